The van der Waals surface area contributed by atoms with Gasteiger partial charge in [-0.15, -0.1) is 0 Å². The summed E-state index contributed by atoms with van der Waals surface area (Å²) in [6, 6.07) is 12.9. The van der Waals surface area contributed by atoms with Gasteiger partial charge in [-0.05, 0) is 51.2 Å². The first-order valence-electron chi connectivity index (χ1n) is 11.9. The quantitative estimate of drug-likeness (QED) is 0.384. The molecule has 8 heteroatoms. The number of carbonyl (C=O) groups is 1. The molecule has 0 bridgehead atoms. The van der Waals surface area contributed by atoms with Gasteiger partial charge in [0.25, 0.3) is 5.91 Å². The van der Waals surface area contributed by atoms with Crippen LogP contribution < -0.4 is 19.5 Å². The van der Waals surface area contributed by atoms with E-state index in [1.54, 1.807) is 25.3 Å². The molecule has 0 radical (unpaired) electrons. The lowest BCUT2D eigenvalue weighted by Gasteiger charge is -2.19. The molecule has 0 saturated heterocycles. The van der Waals surface area contributed by atoms with Crippen molar-refractivity contribution < 1.29 is 23.5 Å². The highest BCUT2D eigenvalue weighted by Gasteiger charge is 2.15. The summed E-state index contributed by atoms with van der Waals surface area (Å²) in [6.45, 7) is 12.1. The maximum absolute atomic E-state index is 12.8. The summed E-state index contributed by atoms with van der Waals surface area (Å²) in [7, 11) is 1.55. The summed E-state index contributed by atoms with van der Waals surface area (Å²) < 4.78 is 22.5. The van der Waals surface area contributed by atoms with Crippen LogP contribution in [-0.4, -0.2) is 49.3 Å². The zero-order chi connectivity index (χ0) is 25.2. The van der Waals surface area contributed by atoms with E-state index in [1.165, 1.54) is 0 Å². The second kappa shape index (κ2) is 12.8. The van der Waals surface area contributed by atoms with E-state index in [9.17, 15) is 4.79 Å². The molecule has 2 aromatic carbocycles. The Balaban J connectivity index is 1.60. The molecular formula is C27H35N3O5. The minimum absolute atomic E-state index is 0.210. The van der Waals surface area contributed by atoms with Crippen LogP contribution in [0.25, 0.3) is 0 Å². The standard InChI is InChI=1S/C27H35N3O5/c1-6-30(7-2)14-15-33-24-11-9-8-10-22(24)17-28-27(31)21-12-13-25(26(16-21)32-5)34-18-23-19(3)29-35-20(23)4/h8-13,16H,6-7,14-15,17-18H2,1-5H3,(H,28,31). The SMILES string of the molecule is CCN(CC)CCOc1ccccc1CNC(=O)c1ccc(OCc2c(C)noc2C)c(OC)c1. The molecule has 35 heavy (non-hydrogen) atoms. The second-order valence-corrected chi connectivity index (χ2v) is 8.12. The average Bonchev–Trinajstić information content (AvgIpc) is 3.21. The lowest BCUT2D eigenvalue weighted by molar-refractivity contribution is 0.0950. The van der Waals surface area contributed by atoms with Crippen LogP contribution in [0.5, 0.6) is 17.2 Å². The number of nitrogens with one attached hydrogen (secondary N) is 1. The van der Waals surface area contributed by atoms with E-state index < -0.39 is 0 Å². The molecule has 0 aliphatic heterocycles. The smallest absolute Gasteiger partial charge is 0.251 e. The van der Waals surface area contributed by atoms with Gasteiger partial charge in [0.1, 0.15) is 24.7 Å². The van der Waals surface area contributed by atoms with E-state index in [2.05, 4.69) is 29.2 Å². The monoisotopic (exact) mass is 481 g/mol. The van der Waals surface area contributed by atoms with Crippen molar-refractivity contribution in [1.82, 2.24) is 15.4 Å². The van der Waals surface area contributed by atoms with Gasteiger partial charge in [0.05, 0.1) is 18.4 Å². The maximum atomic E-state index is 12.8. The Morgan fingerprint density at radius 1 is 1.03 bits per heavy atom. The van der Waals surface area contributed by atoms with Gasteiger partial charge in [-0.1, -0.05) is 37.2 Å². The molecule has 188 valence electrons. The molecule has 0 atom stereocenters. The number of aryl methyl sites for hydroxylation is 2. The first-order chi connectivity index (χ1) is 17.0. The van der Waals surface area contributed by atoms with Gasteiger partial charge in [0, 0.05) is 24.2 Å². The Hall–Kier alpha value is -3.52. The van der Waals surface area contributed by atoms with Crippen LogP contribution in [0.2, 0.25) is 0 Å². The number of amides is 1. The normalized spacial score (nSPS) is 10.9. The van der Waals surface area contributed by atoms with Crippen molar-refractivity contribution in [2.45, 2.75) is 40.8 Å². The van der Waals surface area contributed by atoms with Crippen molar-refractivity contribution in [2.75, 3.05) is 33.4 Å². The second-order valence-electron chi connectivity index (χ2n) is 8.12. The van der Waals surface area contributed by atoms with Gasteiger partial charge >= 0.3 is 0 Å². The van der Waals surface area contributed by atoms with Crippen LogP contribution in [0.3, 0.4) is 0 Å². The molecule has 0 aliphatic carbocycles. The van der Waals surface area contributed by atoms with Gasteiger partial charge in [-0.3, -0.25) is 4.79 Å². The minimum atomic E-state index is -0.210. The average molecular weight is 482 g/mol. The van der Waals surface area contributed by atoms with E-state index in [0.717, 1.165) is 48.0 Å². The molecule has 1 N–H and O–H groups in total. The highest BCUT2D eigenvalue weighted by molar-refractivity contribution is 5.94. The third-order valence-electron chi connectivity index (χ3n) is 5.95. The number of aromatic nitrogens is 1. The van der Waals surface area contributed by atoms with Crippen molar-refractivity contribution >= 4 is 5.91 Å². The van der Waals surface area contributed by atoms with Crippen LogP contribution in [0.4, 0.5) is 0 Å². The number of hydrogen-bond acceptors (Lipinski definition) is 7. The van der Waals surface area contributed by atoms with Gasteiger partial charge in [-0.2, -0.15) is 0 Å². The molecule has 0 spiro atoms. The molecule has 0 saturated carbocycles. The van der Waals surface area contributed by atoms with E-state index in [0.29, 0.717) is 36.8 Å². The fourth-order valence-electron chi connectivity index (χ4n) is 3.68. The number of benzene rings is 2. The molecule has 3 aromatic rings. The number of rotatable bonds is 13. The molecule has 8 nitrogen and oxygen atoms in total. The van der Waals surface area contributed by atoms with Crippen molar-refractivity contribution in [3.05, 3.63) is 70.6 Å². The molecular weight excluding hydrogens is 446 g/mol. The van der Waals surface area contributed by atoms with Crippen molar-refractivity contribution in [3.8, 4) is 17.2 Å². The van der Waals surface area contributed by atoms with Crippen LogP contribution in [-0.2, 0) is 13.2 Å². The van der Waals surface area contributed by atoms with Crippen LogP contribution >= 0.6 is 0 Å². The fourth-order valence-corrected chi connectivity index (χ4v) is 3.68. The Bertz CT molecular complexity index is 1090. The first kappa shape index (κ1) is 26.1. The van der Waals surface area contributed by atoms with E-state index in [1.807, 2.05) is 38.1 Å². The summed E-state index contributed by atoms with van der Waals surface area (Å²) in [5.74, 6) is 2.30. The van der Waals surface area contributed by atoms with E-state index in [4.69, 9.17) is 18.7 Å². The highest BCUT2D eigenvalue weighted by Crippen LogP contribution is 2.29. The molecule has 1 amide bonds. The number of nitrogens with zero attached hydrogens (tertiary/aromatic N) is 2. The van der Waals surface area contributed by atoms with Gasteiger partial charge in [0.15, 0.2) is 11.5 Å². The Kier molecular flexibility index (Phi) is 9.55. The largest absolute Gasteiger partial charge is 0.493 e. The number of carbonyl (C=O) groups excluding carboxylic acids is 1. The Morgan fingerprint density at radius 3 is 2.49 bits per heavy atom. The summed E-state index contributed by atoms with van der Waals surface area (Å²) in [4.78, 5) is 15.2. The van der Waals surface area contributed by atoms with Crippen LogP contribution in [0.1, 0.15) is 46.8 Å². The van der Waals surface area contributed by atoms with Gasteiger partial charge in [0.2, 0.25) is 0 Å². The third-order valence-corrected chi connectivity index (χ3v) is 5.95. The van der Waals surface area contributed by atoms with E-state index >= 15 is 0 Å². The van der Waals surface area contributed by atoms with Gasteiger partial charge in [-0.25, -0.2) is 0 Å². The molecule has 3 rings (SSSR count). The lowest BCUT2D eigenvalue weighted by Crippen LogP contribution is -2.28. The summed E-state index contributed by atoms with van der Waals surface area (Å²) >= 11 is 0. The van der Waals surface area contributed by atoms with E-state index in [-0.39, 0.29) is 5.91 Å². The third kappa shape index (κ3) is 6.99. The summed E-state index contributed by atoms with van der Waals surface area (Å²) in [5, 5.41) is 6.91. The highest BCUT2D eigenvalue weighted by atomic mass is 16.5. The molecule has 1 aromatic heterocycles. The predicted octanol–water partition coefficient (Wildman–Crippen LogP) is 4.53. The number of ether oxygens (including phenoxy) is 3. The molecule has 1 heterocycles. The zero-order valence-electron chi connectivity index (χ0n) is 21.2. The van der Waals surface area contributed by atoms with Crippen LogP contribution in [0, 0.1) is 13.8 Å². The number of para-hydroxylation sites is 1. The fraction of sp³-hybridized carbons (Fsp3) is 0.407. The molecule has 0 unspecified atom stereocenters. The zero-order valence-corrected chi connectivity index (χ0v) is 21.2. The predicted molar refractivity (Wildman–Crippen MR) is 134 cm³/mol. The maximum Gasteiger partial charge on any atom is 0.251 e. The van der Waals surface area contributed by atoms with Crippen molar-refractivity contribution in [3.63, 3.8) is 0 Å². The first-order valence-corrected chi connectivity index (χ1v) is 11.9. The molecule has 0 fully saturated rings. The Morgan fingerprint density at radius 2 is 1.80 bits per heavy atom. The van der Waals surface area contributed by atoms with Crippen molar-refractivity contribution in [1.29, 1.82) is 0 Å². The number of methoxy groups -OCH3 is 1. The summed E-state index contributed by atoms with van der Waals surface area (Å²) in [5.41, 5.74) is 3.08. The van der Waals surface area contributed by atoms with Crippen molar-refractivity contribution in [2.24, 2.45) is 0 Å². The number of hydrogen-bond donors (Lipinski definition) is 1. The minimum Gasteiger partial charge on any atom is -0.493 e. The van der Waals surface area contributed by atoms with Gasteiger partial charge < -0.3 is 29.0 Å². The topological polar surface area (TPSA) is 86.1 Å². The molecule has 0 aliphatic rings. The summed E-state index contributed by atoms with van der Waals surface area (Å²) in [6.07, 6.45) is 0. The van der Waals surface area contributed by atoms with Crippen LogP contribution in [0.15, 0.2) is 47.0 Å². The number of likely N-dealkylation sites (N-methyl/N-ethyl adjacent to an activating group) is 1. The Labute approximate surface area is 207 Å². The lowest BCUT2D eigenvalue weighted by atomic mass is 10.1.